The van der Waals surface area contributed by atoms with Gasteiger partial charge in [0.2, 0.25) is 5.91 Å². The monoisotopic (exact) mass is 442 g/mol. The maximum Gasteiger partial charge on any atom is 0.253 e. The fourth-order valence-electron chi connectivity index (χ4n) is 3.93. The number of aryl methyl sites for hydroxylation is 1. The van der Waals surface area contributed by atoms with Crippen LogP contribution in [0.4, 0.5) is 17.1 Å². The summed E-state index contributed by atoms with van der Waals surface area (Å²) in [5.74, 6) is -0.352. The normalized spacial score (nSPS) is 12.9. The smallest absolute Gasteiger partial charge is 0.253 e. The van der Waals surface area contributed by atoms with Crippen LogP contribution >= 0.6 is 0 Å². The molecule has 6 nitrogen and oxygen atoms in total. The lowest BCUT2D eigenvalue weighted by atomic mass is 10.1. The minimum absolute atomic E-state index is 0.0656. The summed E-state index contributed by atoms with van der Waals surface area (Å²) >= 11 is 0. The molecule has 0 aromatic heterocycles. The number of carbonyl (C=O) groups excluding carboxylic acids is 2. The molecule has 170 valence electrons. The van der Waals surface area contributed by atoms with E-state index in [0.717, 1.165) is 24.3 Å². The Morgan fingerprint density at radius 3 is 2.30 bits per heavy atom. The van der Waals surface area contributed by atoms with Crippen molar-refractivity contribution < 1.29 is 9.59 Å². The first-order valence-corrected chi connectivity index (χ1v) is 11.4. The van der Waals surface area contributed by atoms with Gasteiger partial charge >= 0.3 is 0 Å². The second-order valence-electron chi connectivity index (χ2n) is 8.36. The molecule has 0 bridgehead atoms. The Morgan fingerprint density at radius 2 is 1.58 bits per heavy atom. The predicted octanol–water partition coefficient (Wildman–Crippen LogP) is 4.58. The Labute approximate surface area is 195 Å². The topological polar surface area (TPSA) is 73.5 Å². The minimum atomic E-state index is -0.184. The van der Waals surface area contributed by atoms with Gasteiger partial charge in [-0.2, -0.15) is 0 Å². The summed E-state index contributed by atoms with van der Waals surface area (Å²) in [5.41, 5.74) is 5.30. The second kappa shape index (κ2) is 10.7. The SMILES string of the molecule is Cc1ccc(CNC(=O)c2ccccc2NCC(=O)Nc2ccc(N3CCCC3)cc2)cc1. The summed E-state index contributed by atoms with van der Waals surface area (Å²) in [5, 5.41) is 8.95. The number of amides is 2. The zero-order chi connectivity index (χ0) is 23.0. The van der Waals surface area contributed by atoms with Crippen LogP contribution in [0.5, 0.6) is 0 Å². The summed E-state index contributed by atoms with van der Waals surface area (Å²) in [6, 6.07) is 23.2. The molecule has 2 amide bonds. The number of rotatable bonds is 8. The Hall–Kier alpha value is -3.80. The highest BCUT2D eigenvalue weighted by Crippen LogP contribution is 2.22. The number of carbonyl (C=O) groups is 2. The molecule has 0 atom stereocenters. The Bertz CT molecular complexity index is 1090. The maximum atomic E-state index is 12.7. The largest absolute Gasteiger partial charge is 0.376 e. The second-order valence-corrected chi connectivity index (χ2v) is 8.36. The molecular weight excluding hydrogens is 412 g/mol. The van der Waals surface area contributed by atoms with Gasteiger partial charge in [0.1, 0.15) is 0 Å². The number of nitrogens with one attached hydrogen (secondary N) is 3. The number of hydrogen-bond acceptors (Lipinski definition) is 4. The molecular formula is C27H30N4O2. The number of anilines is 3. The van der Waals surface area contributed by atoms with E-state index in [0.29, 0.717) is 17.8 Å². The van der Waals surface area contributed by atoms with Gasteiger partial charge < -0.3 is 20.9 Å². The van der Waals surface area contributed by atoms with Gasteiger partial charge in [-0.3, -0.25) is 9.59 Å². The van der Waals surface area contributed by atoms with E-state index < -0.39 is 0 Å². The van der Waals surface area contributed by atoms with Gasteiger partial charge in [-0.25, -0.2) is 0 Å². The quantitative estimate of drug-likeness (QED) is 0.478. The average Bonchev–Trinajstić information content (AvgIpc) is 3.38. The predicted molar refractivity (Wildman–Crippen MR) is 134 cm³/mol. The molecule has 33 heavy (non-hydrogen) atoms. The van der Waals surface area contributed by atoms with E-state index in [2.05, 4.69) is 20.9 Å². The molecule has 1 aliphatic heterocycles. The molecule has 0 aliphatic carbocycles. The summed E-state index contributed by atoms with van der Waals surface area (Å²) in [4.78, 5) is 27.5. The van der Waals surface area contributed by atoms with Gasteiger partial charge in [-0.15, -0.1) is 0 Å². The fourth-order valence-corrected chi connectivity index (χ4v) is 3.93. The molecule has 0 radical (unpaired) electrons. The Morgan fingerprint density at radius 1 is 0.879 bits per heavy atom. The Kier molecular flexibility index (Phi) is 7.25. The van der Waals surface area contributed by atoms with Crippen molar-refractivity contribution in [3.05, 3.63) is 89.5 Å². The molecule has 1 saturated heterocycles. The van der Waals surface area contributed by atoms with E-state index >= 15 is 0 Å². The molecule has 0 saturated carbocycles. The molecule has 4 rings (SSSR count). The molecule has 0 spiro atoms. The highest BCUT2D eigenvalue weighted by molar-refractivity contribution is 6.00. The van der Waals surface area contributed by atoms with Crippen LogP contribution in [-0.4, -0.2) is 31.4 Å². The van der Waals surface area contributed by atoms with Crippen molar-refractivity contribution in [2.75, 3.05) is 35.2 Å². The van der Waals surface area contributed by atoms with Crippen molar-refractivity contribution in [2.45, 2.75) is 26.3 Å². The zero-order valence-corrected chi connectivity index (χ0v) is 18.9. The lowest BCUT2D eigenvalue weighted by Crippen LogP contribution is -2.26. The van der Waals surface area contributed by atoms with E-state index in [1.807, 2.05) is 67.6 Å². The number of para-hydroxylation sites is 1. The third kappa shape index (κ3) is 6.13. The number of nitrogens with zero attached hydrogens (tertiary/aromatic N) is 1. The third-order valence-corrected chi connectivity index (χ3v) is 5.81. The van der Waals surface area contributed by atoms with Crippen LogP contribution in [0.15, 0.2) is 72.8 Å². The third-order valence-electron chi connectivity index (χ3n) is 5.81. The van der Waals surface area contributed by atoms with E-state index in [1.54, 1.807) is 12.1 Å². The van der Waals surface area contributed by atoms with Gasteiger partial charge in [0.25, 0.3) is 5.91 Å². The molecule has 3 aromatic rings. The van der Waals surface area contributed by atoms with Crippen LogP contribution in [0.25, 0.3) is 0 Å². The fraction of sp³-hybridized carbons (Fsp3) is 0.259. The van der Waals surface area contributed by atoms with E-state index in [1.165, 1.54) is 24.1 Å². The number of benzene rings is 3. The lowest BCUT2D eigenvalue weighted by Gasteiger charge is -2.18. The van der Waals surface area contributed by atoms with Crippen molar-refractivity contribution in [3.63, 3.8) is 0 Å². The van der Waals surface area contributed by atoms with Gasteiger partial charge in [0.15, 0.2) is 0 Å². The molecule has 0 unspecified atom stereocenters. The first-order valence-electron chi connectivity index (χ1n) is 11.4. The molecule has 1 aliphatic rings. The maximum absolute atomic E-state index is 12.7. The highest BCUT2D eigenvalue weighted by Gasteiger charge is 2.13. The van der Waals surface area contributed by atoms with Crippen LogP contribution in [0, 0.1) is 6.92 Å². The van der Waals surface area contributed by atoms with Gasteiger partial charge in [0.05, 0.1) is 12.1 Å². The molecule has 3 aromatic carbocycles. The van der Waals surface area contributed by atoms with Crippen LogP contribution in [-0.2, 0) is 11.3 Å². The van der Waals surface area contributed by atoms with Crippen LogP contribution in [0.3, 0.4) is 0 Å². The van der Waals surface area contributed by atoms with Gasteiger partial charge in [-0.1, -0.05) is 42.0 Å². The first-order chi connectivity index (χ1) is 16.1. The van der Waals surface area contributed by atoms with Crippen molar-refractivity contribution in [1.29, 1.82) is 0 Å². The van der Waals surface area contributed by atoms with E-state index in [-0.39, 0.29) is 18.4 Å². The summed E-state index contributed by atoms with van der Waals surface area (Å²) in [6.45, 7) is 4.73. The van der Waals surface area contributed by atoms with Crippen molar-refractivity contribution in [3.8, 4) is 0 Å². The molecule has 1 heterocycles. The Balaban J connectivity index is 1.30. The van der Waals surface area contributed by atoms with Crippen LogP contribution in [0.2, 0.25) is 0 Å². The standard InChI is InChI=1S/C27H30N4O2/c1-20-8-10-21(11-9-20)18-29-27(33)24-6-2-3-7-25(24)28-19-26(32)30-22-12-14-23(15-13-22)31-16-4-5-17-31/h2-3,6-15,28H,4-5,16-19H2,1H3,(H,29,33)(H,30,32). The molecule has 1 fully saturated rings. The van der Waals surface area contributed by atoms with Crippen LogP contribution < -0.4 is 20.9 Å². The average molecular weight is 443 g/mol. The van der Waals surface area contributed by atoms with Crippen LogP contribution in [0.1, 0.15) is 34.3 Å². The minimum Gasteiger partial charge on any atom is -0.376 e. The summed E-state index contributed by atoms with van der Waals surface area (Å²) < 4.78 is 0. The van der Waals surface area contributed by atoms with Gasteiger partial charge in [-0.05, 0) is 61.7 Å². The van der Waals surface area contributed by atoms with E-state index in [4.69, 9.17) is 0 Å². The zero-order valence-electron chi connectivity index (χ0n) is 18.9. The summed E-state index contributed by atoms with van der Waals surface area (Å²) in [6.07, 6.45) is 2.46. The first kappa shape index (κ1) is 22.4. The van der Waals surface area contributed by atoms with E-state index in [9.17, 15) is 9.59 Å². The summed E-state index contributed by atoms with van der Waals surface area (Å²) in [7, 11) is 0. The molecule has 6 heteroatoms. The van der Waals surface area contributed by atoms with Crippen molar-refractivity contribution in [2.24, 2.45) is 0 Å². The van der Waals surface area contributed by atoms with Gasteiger partial charge in [0, 0.05) is 36.7 Å². The van der Waals surface area contributed by atoms with Crippen molar-refractivity contribution >= 4 is 28.9 Å². The molecule has 3 N–H and O–H groups in total. The van der Waals surface area contributed by atoms with Crippen molar-refractivity contribution in [1.82, 2.24) is 5.32 Å². The number of hydrogen-bond donors (Lipinski definition) is 3. The highest BCUT2D eigenvalue weighted by atomic mass is 16.2. The lowest BCUT2D eigenvalue weighted by molar-refractivity contribution is -0.114.